The number of aromatic nitrogens is 2. The smallest absolute Gasteiger partial charge is 0.189 e. The van der Waals surface area contributed by atoms with Gasteiger partial charge in [0.2, 0.25) is 0 Å². The van der Waals surface area contributed by atoms with Gasteiger partial charge >= 0.3 is 0 Å². The van der Waals surface area contributed by atoms with Gasteiger partial charge in [-0.25, -0.2) is 4.98 Å². The van der Waals surface area contributed by atoms with E-state index in [0.717, 1.165) is 57.8 Å². The lowest BCUT2D eigenvalue weighted by atomic mass is 9.95. The standard InChI is InChI=1S/C30H32ClN5OS.CH3F/c1-20(17-26-7-4-16-37-26)8-9-21-10-13-25(14-11-21)35-30-36-29-28(38-30)27(22(18-32)19-33-29)34-24-6-3-2-5-23(31)12-15-24;1-2/h2-3,5,10-11,13-15,19-20,26H,4,6-9,12,16-17H2,1H3,(H2,33,34,35,36);1H3/b3-2?,23-5+,24-15+;/t20-,26+;/m0./s1. The zero-order chi connectivity index (χ0) is 28.3. The summed E-state index contributed by atoms with van der Waals surface area (Å²) < 4.78 is 16.1. The van der Waals surface area contributed by atoms with Gasteiger partial charge in [-0.1, -0.05) is 60.2 Å². The number of nitriles is 1. The van der Waals surface area contributed by atoms with Crippen LogP contribution >= 0.6 is 22.9 Å². The molecule has 0 saturated carbocycles. The third-order valence-corrected chi connectivity index (χ3v) is 8.20. The molecule has 1 aromatic carbocycles. The molecule has 0 bridgehead atoms. The normalized spacial score (nSPS) is 20.1. The van der Waals surface area contributed by atoms with Crippen LogP contribution in [0.2, 0.25) is 0 Å². The lowest BCUT2D eigenvalue weighted by Crippen LogP contribution is -2.11. The summed E-state index contributed by atoms with van der Waals surface area (Å²) in [5.41, 5.74) is 5.12. The number of anilines is 3. The first-order valence-electron chi connectivity index (χ1n) is 13.6. The van der Waals surface area contributed by atoms with E-state index in [2.05, 4.69) is 63.9 Å². The molecule has 2 N–H and O–H groups in total. The number of rotatable bonds is 9. The number of alkyl halides is 1. The fourth-order valence-electron chi connectivity index (χ4n) is 4.83. The summed E-state index contributed by atoms with van der Waals surface area (Å²) >= 11 is 7.71. The second-order valence-electron chi connectivity index (χ2n) is 9.97. The lowest BCUT2D eigenvalue weighted by Gasteiger charge is -2.16. The number of thiazole rings is 1. The van der Waals surface area contributed by atoms with Gasteiger partial charge in [-0.3, -0.25) is 4.39 Å². The number of nitrogens with zero attached hydrogens (tertiary/aromatic N) is 3. The van der Waals surface area contributed by atoms with Crippen LogP contribution in [0.15, 0.2) is 65.5 Å². The molecule has 1 saturated heterocycles. The Morgan fingerprint density at radius 1 is 1.23 bits per heavy atom. The minimum absolute atomic E-state index is 0.459. The molecule has 1 fully saturated rings. The Morgan fingerprint density at radius 2 is 2.05 bits per heavy atom. The van der Waals surface area contributed by atoms with Crippen LogP contribution in [-0.2, 0) is 11.2 Å². The van der Waals surface area contributed by atoms with E-state index in [4.69, 9.17) is 16.3 Å². The van der Waals surface area contributed by atoms with Crippen LogP contribution in [0.3, 0.4) is 0 Å². The summed E-state index contributed by atoms with van der Waals surface area (Å²) in [6.07, 6.45) is 17.2. The number of hydrogen-bond acceptors (Lipinski definition) is 7. The van der Waals surface area contributed by atoms with Crippen molar-refractivity contribution in [3.8, 4) is 6.07 Å². The number of pyridine rings is 1. The van der Waals surface area contributed by atoms with Gasteiger partial charge in [0.05, 0.1) is 24.5 Å². The van der Waals surface area contributed by atoms with Crippen LogP contribution in [0.5, 0.6) is 0 Å². The van der Waals surface area contributed by atoms with Crippen molar-refractivity contribution in [2.24, 2.45) is 5.92 Å². The number of fused-ring (bicyclic) bond motifs is 1. The first-order chi connectivity index (χ1) is 19.6. The maximum atomic E-state index is 9.74. The summed E-state index contributed by atoms with van der Waals surface area (Å²) in [5.74, 6) is 0.662. The molecule has 0 radical (unpaired) electrons. The molecule has 2 aromatic heterocycles. The molecular formula is C31H35ClFN5OS. The van der Waals surface area contributed by atoms with Crippen molar-refractivity contribution >= 4 is 49.8 Å². The number of allylic oxidation sites excluding steroid dienone is 5. The third-order valence-electron chi connectivity index (χ3n) is 6.94. The first kappa shape index (κ1) is 29.7. The summed E-state index contributed by atoms with van der Waals surface area (Å²) in [7, 11) is 0.500. The second kappa shape index (κ2) is 14.9. The SMILES string of the molecule is CF.C[C@@H](CCc1ccc(Nc2nc3ncc(C#N)c(N/C4=C/C/C(Cl)=C\C=CC4)c3s2)cc1)C[C@H]1CCCO1. The van der Waals surface area contributed by atoms with E-state index >= 15 is 0 Å². The summed E-state index contributed by atoms with van der Waals surface area (Å²) in [5, 5.41) is 18.1. The molecule has 6 nitrogen and oxygen atoms in total. The Hall–Kier alpha value is -3.25. The van der Waals surface area contributed by atoms with Gasteiger partial charge in [-0.15, -0.1) is 0 Å². The van der Waals surface area contributed by atoms with Crippen molar-refractivity contribution < 1.29 is 9.13 Å². The van der Waals surface area contributed by atoms with Gasteiger partial charge in [0, 0.05) is 42.1 Å². The fraction of sp³-hybridized carbons (Fsp3) is 0.387. The number of aryl methyl sites for hydroxylation is 1. The van der Waals surface area contributed by atoms with Crippen LogP contribution in [0, 0.1) is 17.2 Å². The Bertz CT molecular complexity index is 1400. The Morgan fingerprint density at radius 3 is 2.80 bits per heavy atom. The van der Waals surface area contributed by atoms with Crippen molar-refractivity contribution in [3.05, 3.63) is 76.6 Å². The molecule has 0 spiro atoms. The molecule has 0 amide bonds. The van der Waals surface area contributed by atoms with Crippen LogP contribution in [-0.4, -0.2) is 29.9 Å². The maximum Gasteiger partial charge on any atom is 0.189 e. The molecule has 9 heteroatoms. The van der Waals surface area contributed by atoms with Gasteiger partial charge in [-0.05, 0) is 61.8 Å². The highest BCUT2D eigenvalue weighted by atomic mass is 35.5. The third kappa shape index (κ3) is 8.14. The van der Waals surface area contributed by atoms with E-state index < -0.39 is 0 Å². The molecule has 0 unspecified atom stereocenters. The Balaban J connectivity index is 0.00000181. The van der Waals surface area contributed by atoms with Gasteiger partial charge in [0.25, 0.3) is 0 Å². The quantitative estimate of drug-likeness (QED) is 0.263. The van der Waals surface area contributed by atoms with Crippen LogP contribution in [0.1, 0.15) is 56.6 Å². The number of benzene rings is 1. The number of halogens is 2. The second-order valence-corrected chi connectivity index (χ2v) is 11.5. The highest BCUT2D eigenvalue weighted by molar-refractivity contribution is 7.22. The van der Waals surface area contributed by atoms with Crippen molar-refractivity contribution in [2.45, 2.75) is 58.0 Å². The molecular weight excluding hydrogens is 545 g/mol. The van der Waals surface area contributed by atoms with E-state index in [-0.39, 0.29) is 0 Å². The summed E-state index contributed by atoms with van der Waals surface area (Å²) in [4.78, 5) is 9.11. The van der Waals surface area contributed by atoms with Crippen LogP contribution < -0.4 is 10.6 Å². The van der Waals surface area contributed by atoms with Gasteiger partial charge in [0.1, 0.15) is 10.8 Å². The number of nitrogens with one attached hydrogen (secondary N) is 2. The average Bonchev–Trinajstić information content (AvgIpc) is 3.63. The van der Waals surface area contributed by atoms with E-state index in [1.165, 1.54) is 36.2 Å². The summed E-state index contributed by atoms with van der Waals surface area (Å²) in [6.45, 7) is 3.26. The monoisotopic (exact) mass is 579 g/mol. The van der Waals surface area contributed by atoms with E-state index in [1.807, 2.05) is 18.2 Å². The first-order valence-corrected chi connectivity index (χ1v) is 14.8. The van der Waals surface area contributed by atoms with Crippen molar-refractivity contribution in [1.29, 1.82) is 5.26 Å². The molecule has 1 aliphatic heterocycles. The Kier molecular flexibility index (Phi) is 11.1. The largest absolute Gasteiger partial charge is 0.378 e. The van der Waals surface area contributed by atoms with Gasteiger partial charge in [-0.2, -0.15) is 10.2 Å². The van der Waals surface area contributed by atoms with E-state index in [0.29, 0.717) is 36.8 Å². The molecule has 2 aliphatic rings. The molecule has 3 aromatic rings. The molecule has 1 aliphatic carbocycles. The van der Waals surface area contributed by atoms with Crippen LogP contribution in [0.4, 0.5) is 20.9 Å². The van der Waals surface area contributed by atoms with E-state index in [9.17, 15) is 9.65 Å². The number of ether oxygens (including phenoxy) is 1. The minimum atomic E-state index is 0.459. The zero-order valence-corrected chi connectivity index (χ0v) is 24.5. The van der Waals surface area contributed by atoms with E-state index in [1.54, 1.807) is 6.20 Å². The topological polar surface area (TPSA) is 82.9 Å². The number of hydrogen-bond donors (Lipinski definition) is 2. The molecule has 2 atom stereocenters. The Labute approximate surface area is 244 Å². The molecule has 210 valence electrons. The summed E-state index contributed by atoms with van der Waals surface area (Å²) in [6, 6.07) is 10.8. The van der Waals surface area contributed by atoms with Gasteiger partial charge in [0.15, 0.2) is 10.8 Å². The highest BCUT2D eigenvalue weighted by Gasteiger charge is 2.18. The van der Waals surface area contributed by atoms with Gasteiger partial charge < -0.3 is 15.4 Å². The predicted molar refractivity (Wildman–Crippen MR) is 164 cm³/mol. The average molecular weight is 580 g/mol. The molecule has 40 heavy (non-hydrogen) atoms. The lowest BCUT2D eigenvalue weighted by molar-refractivity contribution is 0.0907. The zero-order valence-electron chi connectivity index (χ0n) is 22.9. The maximum absolute atomic E-state index is 9.74. The van der Waals surface area contributed by atoms with Crippen LogP contribution in [0.25, 0.3) is 10.3 Å². The molecule has 3 heterocycles. The van der Waals surface area contributed by atoms with Crippen molar-refractivity contribution in [2.75, 3.05) is 24.4 Å². The van der Waals surface area contributed by atoms with Crippen molar-refractivity contribution in [3.63, 3.8) is 0 Å². The molecule has 5 rings (SSSR count). The minimum Gasteiger partial charge on any atom is -0.378 e. The van der Waals surface area contributed by atoms with Crippen molar-refractivity contribution in [1.82, 2.24) is 9.97 Å². The fourth-order valence-corrected chi connectivity index (χ4v) is 5.92. The highest BCUT2D eigenvalue weighted by Crippen LogP contribution is 2.36. The predicted octanol–water partition coefficient (Wildman–Crippen LogP) is 8.80.